The van der Waals surface area contributed by atoms with Crippen LogP contribution in [0.25, 0.3) is 99.7 Å². The average Bonchev–Trinajstić information content (AvgIpc) is 3.80. The zero-order chi connectivity index (χ0) is 37.2. The molecule has 0 amide bonds. The van der Waals surface area contributed by atoms with Gasteiger partial charge in [0.2, 0.25) is 0 Å². The van der Waals surface area contributed by atoms with Gasteiger partial charge in [0.05, 0.1) is 39.4 Å². The van der Waals surface area contributed by atoms with Gasteiger partial charge in [0.1, 0.15) is 5.82 Å². The molecule has 0 unspecified atom stereocenters. The first-order chi connectivity index (χ1) is 27.7. The van der Waals surface area contributed by atoms with Gasteiger partial charge >= 0.3 is 0 Å². The Bertz CT molecular complexity index is 3290. The molecular formula is C51H31N5. The van der Waals surface area contributed by atoms with E-state index in [-0.39, 0.29) is 0 Å². The zero-order valence-electron chi connectivity index (χ0n) is 30.1. The lowest BCUT2D eigenvalue weighted by Gasteiger charge is -2.13. The van der Waals surface area contributed by atoms with Crippen LogP contribution in [-0.2, 0) is 0 Å². The molecule has 0 fully saturated rings. The Morgan fingerprint density at radius 2 is 1.00 bits per heavy atom. The molecule has 56 heavy (non-hydrogen) atoms. The third-order valence-electron chi connectivity index (χ3n) is 11.0. The SMILES string of the molecule is N#Cc1ccc(-n2c3ccccc3c3cc(-c4ccc5ccc6c7ccccc7n(-c7cc(-c8ccccc8)nc(-c8ccccc8)n7)c6c5c4)ccc32)cc1. The van der Waals surface area contributed by atoms with E-state index in [1.54, 1.807) is 0 Å². The van der Waals surface area contributed by atoms with Gasteiger partial charge < -0.3 is 4.57 Å². The van der Waals surface area contributed by atoms with E-state index in [4.69, 9.17) is 9.97 Å². The fourth-order valence-corrected chi connectivity index (χ4v) is 8.33. The summed E-state index contributed by atoms with van der Waals surface area (Å²) < 4.78 is 4.61. The quantitative estimate of drug-likeness (QED) is 0.178. The average molecular weight is 714 g/mol. The maximum absolute atomic E-state index is 9.42. The second-order valence-corrected chi connectivity index (χ2v) is 14.2. The highest BCUT2D eigenvalue weighted by Gasteiger charge is 2.19. The van der Waals surface area contributed by atoms with E-state index in [1.165, 1.54) is 21.5 Å². The molecule has 260 valence electrons. The van der Waals surface area contributed by atoms with Crippen molar-refractivity contribution in [1.82, 2.24) is 19.1 Å². The lowest BCUT2D eigenvalue weighted by atomic mass is 9.98. The molecule has 0 aliphatic rings. The maximum atomic E-state index is 9.42. The smallest absolute Gasteiger partial charge is 0.162 e. The lowest BCUT2D eigenvalue weighted by Crippen LogP contribution is -2.02. The minimum atomic E-state index is 0.647. The molecule has 0 saturated carbocycles. The van der Waals surface area contributed by atoms with Crippen molar-refractivity contribution in [1.29, 1.82) is 5.26 Å². The summed E-state index contributed by atoms with van der Waals surface area (Å²) >= 11 is 0. The second-order valence-electron chi connectivity index (χ2n) is 14.2. The number of fused-ring (bicyclic) bond motifs is 8. The van der Waals surface area contributed by atoms with E-state index < -0.39 is 0 Å². The van der Waals surface area contributed by atoms with Crippen molar-refractivity contribution in [2.45, 2.75) is 0 Å². The first-order valence-corrected chi connectivity index (χ1v) is 18.7. The van der Waals surface area contributed by atoms with Crippen molar-refractivity contribution in [3.8, 4) is 51.3 Å². The third-order valence-corrected chi connectivity index (χ3v) is 11.0. The highest BCUT2D eigenvalue weighted by Crippen LogP contribution is 2.40. The first-order valence-electron chi connectivity index (χ1n) is 18.7. The zero-order valence-corrected chi connectivity index (χ0v) is 30.1. The number of aromatic nitrogens is 4. The molecule has 3 heterocycles. The standard InChI is InChI=1S/C51H31N5/c52-32-33-19-25-39(26-20-33)55-46-17-9-8-16-41(46)44-30-38(24-28-48(44)55)37-22-21-34-23-27-42-40-15-7-10-18-47(40)56(50(42)43(34)29-37)49-31-45(35-11-3-1-4-12-35)53-51(54-49)36-13-5-2-6-14-36/h1-31H. The molecule has 8 aromatic carbocycles. The molecule has 0 radical (unpaired) electrons. The molecule has 0 aliphatic heterocycles. The summed E-state index contributed by atoms with van der Waals surface area (Å²) in [6.45, 7) is 0. The summed E-state index contributed by atoms with van der Waals surface area (Å²) in [5.41, 5.74) is 11.3. The van der Waals surface area contributed by atoms with Gasteiger partial charge in [0.15, 0.2) is 5.82 Å². The number of para-hydroxylation sites is 2. The predicted molar refractivity (Wildman–Crippen MR) is 229 cm³/mol. The Morgan fingerprint density at radius 3 is 1.73 bits per heavy atom. The third kappa shape index (κ3) is 5.01. The summed E-state index contributed by atoms with van der Waals surface area (Å²) in [7, 11) is 0. The number of nitriles is 1. The summed E-state index contributed by atoms with van der Waals surface area (Å²) in [6.07, 6.45) is 0. The van der Waals surface area contributed by atoms with Crippen molar-refractivity contribution in [3.63, 3.8) is 0 Å². The van der Waals surface area contributed by atoms with Gasteiger partial charge in [-0.2, -0.15) is 5.26 Å². The van der Waals surface area contributed by atoms with E-state index in [9.17, 15) is 5.26 Å². The summed E-state index contributed by atoms with van der Waals surface area (Å²) in [5, 5.41) is 16.4. The number of hydrogen-bond acceptors (Lipinski definition) is 3. The van der Waals surface area contributed by atoms with Crippen LogP contribution in [0.4, 0.5) is 0 Å². The van der Waals surface area contributed by atoms with Gasteiger partial charge in [-0.05, 0) is 71.1 Å². The van der Waals surface area contributed by atoms with Gasteiger partial charge in [-0.15, -0.1) is 0 Å². The molecule has 11 aromatic rings. The Kier molecular flexibility index (Phi) is 7.16. The summed E-state index contributed by atoms with van der Waals surface area (Å²) in [5.74, 6) is 1.50. The molecular weight excluding hydrogens is 683 g/mol. The number of rotatable bonds is 5. The van der Waals surface area contributed by atoms with E-state index in [0.29, 0.717) is 11.4 Å². The van der Waals surface area contributed by atoms with E-state index >= 15 is 0 Å². The molecule has 0 spiro atoms. The first kappa shape index (κ1) is 31.7. The normalized spacial score (nSPS) is 11.6. The van der Waals surface area contributed by atoms with Crippen LogP contribution >= 0.6 is 0 Å². The minimum Gasteiger partial charge on any atom is -0.309 e. The highest BCUT2D eigenvalue weighted by atomic mass is 15.1. The lowest BCUT2D eigenvalue weighted by molar-refractivity contribution is 1.05. The summed E-state index contributed by atoms with van der Waals surface area (Å²) in [4.78, 5) is 10.4. The van der Waals surface area contributed by atoms with Crippen molar-refractivity contribution in [2.24, 2.45) is 0 Å². The Morgan fingerprint density at radius 1 is 0.411 bits per heavy atom. The van der Waals surface area contributed by atoms with Crippen LogP contribution in [0.15, 0.2) is 188 Å². The largest absolute Gasteiger partial charge is 0.309 e. The van der Waals surface area contributed by atoms with E-state index in [0.717, 1.165) is 72.3 Å². The van der Waals surface area contributed by atoms with Crippen molar-refractivity contribution >= 4 is 54.4 Å². The van der Waals surface area contributed by atoms with Gasteiger partial charge in [-0.25, -0.2) is 9.97 Å². The fraction of sp³-hybridized carbons (Fsp3) is 0. The van der Waals surface area contributed by atoms with Crippen LogP contribution in [0.5, 0.6) is 0 Å². The summed E-state index contributed by atoms with van der Waals surface area (Å²) in [6, 6.07) is 67.9. The number of hydrogen-bond donors (Lipinski definition) is 0. The van der Waals surface area contributed by atoms with E-state index in [1.807, 2.05) is 48.5 Å². The Balaban J connectivity index is 1.15. The van der Waals surface area contributed by atoms with Crippen molar-refractivity contribution in [2.75, 3.05) is 0 Å². The van der Waals surface area contributed by atoms with Gasteiger partial charge in [-0.3, -0.25) is 4.57 Å². The molecule has 0 saturated heterocycles. The van der Waals surface area contributed by atoms with Gasteiger partial charge in [-0.1, -0.05) is 127 Å². The molecule has 0 atom stereocenters. The predicted octanol–water partition coefficient (Wildman–Crippen LogP) is 12.7. The number of nitrogens with zero attached hydrogens (tertiary/aromatic N) is 5. The molecule has 0 aliphatic carbocycles. The molecule has 5 nitrogen and oxygen atoms in total. The fourth-order valence-electron chi connectivity index (χ4n) is 8.33. The van der Waals surface area contributed by atoms with Crippen molar-refractivity contribution in [3.05, 3.63) is 194 Å². The van der Waals surface area contributed by atoms with Crippen LogP contribution < -0.4 is 0 Å². The van der Waals surface area contributed by atoms with E-state index in [2.05, 4.69) is 155 Å². The van der Waals surface area contributed by atoms with Crippen LogP contribution in [0.3, 0.4) is 0 Å². The molecule has 0 bridgehead atoms. The minimum absolute atomic E-state index is 0.647. The van der Waals surface area contributed by atoms with Crippen LogP contribution in [0.2, 0.25) is 0 Å². The van der Waals surface area contributed by atoms with Crippen LogP contribution in [0.1, 0.15) is 5.56 Å². The molecule has 5 heteroatoms. The number of benzene rings is 8. The van der Waals surface area contributed by atoms with Crippen molar-refractivity contribution < 1.29 is 0 Å². The Hall–Kier alpha value is -7.81. The van der Waals surface area contributed by atoms with Gasteiger partial charge in [0.25, 0.3) is 0 Å². The van der Waals surface area contributed by atoms with Crippen LogP contribution in [-0.4, -0.2) is 19.1 Å². The Labute approximate surface area is 322 Å². The van der Waals surface area contributed by atoms with Crippen LogP contribution in [0, 0.1) is 11.3 Å². The highest BCUT2D eigenvalue weighted by molar-refractivity contribution is 6.19. The topological polar surface area (TPSA) is 59.4 Å². The monoisotopic (exact) mass is 713 g/mol. The second kappa shape index (κ2) is 12.7. The molecule has 3 aromatic heterocycles. The molecule has 0 N–H and O–H groups in total. The molecule has 11 rings (SSSR count). The van der Waals surface area contributed by atoms with Gasteiger partial charge in [0, 0.05) is 49.8 Å². The maximum Gasteiger partial charge on any atom is 0.162 e.